The summed E-state index contributed by atoms with van der Waals surface area (Å²) in [6.07, 6.45) is 1.03. The number of hydrogen-bond donors (Lipinski definition) is 1. The molecule has 0 atom stereocenters. The number of nitrogen functional groups attached to an aromatic ring is 1. The van der Waals surface area contributed by atoms with Crippen LogP contribution in [0, 0.1) is 0 Å². The lowest BCUT2D eigenvalue weighted by molar-refractivity contribution is 0.287. The van der Waals surface area contributed by atoms with E-state index in [9.17, 15) is 0 Å². The molecule has 0 spiro atoms. The van der Waals surface area contributed by atoms with Crippen LogP contribution in [0.4, 0.5) is 5.69 Å². The average molecular weight is 245 g/mol. The lowest BCUT2D eigenvalue weighted by Crippen LogP contribution is -2.19. The fourth-order valence-corrected chi connectivity index (χ4v) is 2.90. The first-order valence-electron chi connectivity index (χ1n) is 5.78. The van der Waals surface area contributed by atoms with E-state index in [1.807, 2.05) is 17.6 Å². The van der Waals surface area contributed by atoms with Crippen LogP contribution in [0.2, 0.25) is 0 Å². The summed E-state index contributed by atoms with van der Waals surface area (Å²) in [4.78, 5) is 6.74. The van der Waals surface area contributed by atoms with Crippen LogP contribution in [-0.4, -0.2) is 16.4 Å². The first kappa shape index (κ1) is 10.7. The lowest BCUT2D eigenvalue weighted by Gasteiger charge is -2.13. The van der Waals surface area contributed by atoms with Crippen LogP contribution in [0.5, 0.6) is 0 Å². The van der Waals surface area contributed by atoms with Crippen LogP contribution >= 0.6 is 11.3 Å². The van der Waals surface area contributed by atoms with E-state index in [0.29, 0.717) is 0 Å². The summed E-state index contributed by atoms with van der Waals surface area (Å²) in [6, 6.07) is 6.20. The van der Waals surface area contributed by atoms with Gasteiger partial charge in [-0.2, -0.15) is 0 Å². The molecule has 0 radical (unpaired) electrons. The molecule has 1 aliphatic rings. The van der Waals surface area contributed by atoms with Gasteiger partial charge in [0.2, 0.25) is 0 Å². The van der Waals surface area contributed by atoms with Crippen LogP contribution in [0.3, 0.4) is 0 Å². The number of thiazole rings is 1. The summed E-state index contributed by atoms with van der Waals surface area (Å²) in [7, 11) is 0. The summed E-state index contributed by atoms with van der Waals surface area (Å²) < 4.78 is 0. The zero-order valence-corrected chi connectivity index (χ0v) is 10.4. The molecule has 0 aliphatic carbocycles. The van der Waals surface area contributed by atoms with Crippen LogP contribution < -0.4 is 5.73 Å². The minimum atomic E-state index is 0.929. The van der Waals surface area contributed by atoms with Crippen molar-refractivity contribution in [2.24, 2.45) is 0 Å². The van der Waals surface area contributed by atoms with Gasteiger partial charge in [-0.05, 0) is 17.2 Å². The van der Waals surface area contributed by atoms with Crippen molar-refractivity contribution in [2.75, 3.05) is 12.3 Å². The minimum Gasteiger partial charge on any atom is -0.398 e. The van der Waals surface area contributed by atoms with E-state index >= 15 is 0 Å². The Bertz CT molecular complexity index is 507. The highest BCUT2D eigenvalue weighted by Gasteiger charge is 2.20. The highest BCUT2D eigenvalue weighted by atomic mass is 32.1. The predicted molar refractivity (Wildman–Crippen MR) is 70.8 cm³/mol. The second-order valence-corrected chi connectivity index (χ2v) is 5.14. The second kappa shape index (κ2) is 4.47. The van der Waals surface area contributed by atoms with Crippen LogP contribution in [0.25, 0.3) is 0 Å². The largest absolute Gasteiger partial charge is 0.398 e. The Morgan fingerprint density at radius 1 is 1.35 bits per heavy atom. The fourth-order valence-electron chi connectivity index (χ4n) is 2.31. The zero-order valence-electron chi connectivity index (χ0n) is 9.60. The first-order valence-corrected chi connectivity index (χ1v) is 6.73. The molecular formula is C13H15N3S. The Labute approximate surface area is 105 Å². The third kappa shape index (κ3) is 2.18. The number of hydrogen-bond acceptors (Lipinski definition) is 4. The molecule has 4 heteroatoms. The Balaban J connectivity index is 1.64. The molecule has 1 aromatic heterocycles. The van der Waals surface area contributed by atoms with Gasteiger partial charge in [-0.3, -0.25) is 4.90 Å². The molecule has 2 N–H and O–H groups in total. The van der Waals surface area contributed by atoms with Gasteiger partial charge in [0.1, 0.15) is 0 Å². The molecule has 0 fully saturated rings. The van der Waals surface area contributed by atoms with Crippen molar-refractivity contribution >= 4 is 17.0 Å². The normalized spacial score (nSPS) is 15.1. The van der Waals surface area contributed by atoms with Crippen molar-refractivity contribution in [3.05, 3.63) is 45.9 Å². The van der Waals surface area contributed by atoms with E-state index in [2.05, 4.69) is 21.3 Å². The molecule has 2 aromatic rings. The predicted octanol–water partition coefficient (Wildman–Crippen LogP) is 2.28. The average Bonchev–Trinajstić information content (AvgIpc) is 2.95. The Morgan fingerprint density at radius 3 is 3.06 bits per heavy atom. The zero-order chi connectivity index (χ0) is 11.7. The maximum absolute atomic E-state index is 5.99. The summed E-state index contributed by atoms with van der Waals surface area (Å²) in [5.74, 6) is 0. The van der Waals surface area contributed by atoms with Gasteiger partial charge in [-0.15, -0.1) is 11.3 Å². The second-order valence-electron chi connectivity index (χ2n) is 4.43. The van der Waals surface area contributed by atoms with Crippen molar-refractivity contribution < 1.29 is 0 Å². The van der Waals surface area contributed by atoms with Crippen molar-refractivity contribution in [1.29, 1.82) is 0 Å². The summed E-state index contributed by atoms with van der Waals surface area (Å²) in [6.45, 7) is 3.05. The third-order valence-electron chi connectivity index (χ3n) is 3.25. The van der Waals surface area contributed by atoms with Crippen LogP contribution in [0.15, 0.2) is 29.1 Å². The quantitative estimate of drug-likeness (QED) is 0.844. The molecule has 3 nitrogen and oxygen atoms in total. The molecule has 2 heterocycles. The monoisotopic (exact) mass is 245 g/mol. The van der Waals surface area contributed by atoms with Gasteiger partial charge in [0.25, 0.3) is 0 Å². The number of anilines is 1. The molecule has 0 amide bonds. The van der Waals surface area contributed by atoms with Crippen molar-refractivity contribution in [3.63, 3.8) is 0 Å². The van der Waals surface area contributed by atoms with Crippen LogP contribution in [0.1, 0.15) is 16.8 Å². The highest BCUT2D eigenvalue weighted by Crippen LogP contribution is 2.27. The van der Waals surface area contributed by atoms with E-state index in [-0.39, 0.29) is 0 Å². The van der Waals surface area contributed by atoms with Crippen molar-refractivity contribution in [2.45, 2.75) is 19.5 Å². The molecule has 1 aliphatic heterocycles. The van der Waals surface area contributed by atoms with Gasteiger partial charge in [0.05, 0.1) is 11.2 Å². The molecular weight excluding hydrogens is 230 g/mol. The first-order chi connectivity index (χ1) is 8.33. The Morgan fingerprint density at radius 2 is 2.29 bits per heavy atom. The summed E-state index contributed by atoms with van der Waals surface area (Å²) in [5.41, 5.74) is 12.7. The summed E-state index contributed by atoms with van der Waals surface area (Å²) in [5, 5.41) is 2.12. The van der Waals surface area contributed by atoms with Crippen molar-refractivity contribution in [1.82, 2.24) is 9.88 Å². The van der Waals surface area contributed by atoms with Gasteiger partial charge in [0.15, 0.2) is 0 Å². The molecule has 0 unspecified atom stereocenters. The van der Waals surface area contributed by atoms with Gasteiger partial charge < -0.3 is 5.73 Å². The highest BCUT2D eigenvalue weighted by molar-refractivity contribution is 7.07. The van der Waals surface area contributed by atoms with Gasteiger partial charge in [-0.1, -0.05) is 12.1 Å². The molecule has 1 aromatic carbocycles. The van der Waals surface area contributed by atoms with Crippen molar-refractivity contribution in [3.8, 4) is 0 Å². The molecule has 0 saturated heterocycles. The molecule has 17 heavy (non-hydrogen) atoms. The number of benzene rings is 1. The summed E-state index contributed by atoms with van der Waals surface area (Å²) >= 11 is 1.66. The van der Waals surface area contributed by atoms with E-state index in [1.54, 1.807) is 11.3 Å². The Hall–Kier alpha value is -1.39. The van der Waals surface area contributed by atoms with E-state index < -0.39 is 0 Å². The lowest BCUT2D eigenvalue weighted by atomic mass is 10.1. The maximum atomic E-state index is 5.99. The van der Waals surface area contributed by atoms with Crippen LogP contribution in [-0.2, 0) is 19.5 Å². The standard InChI is InChI=1S/C13H15N3S/c14-13-3-1-2-10-6-16(7-12(10)13)5-4-11-8-17-9-15-11/h1-3,8-9H,4-7,14H2. The molecule has 3 rings (SSSR count). The Kier molecular flexibility index (Phi) is 2.82. The maximum Gasteiger partial charge on any atom is 0.0794 e. The number of fused-ring (bicyclic) bond motifs is 1. The van der Waals surface area contributed by atoms with Gasteiger partial charge in [0, 0.05) is 37.1 Å². The number of nitrogens with zero attached hydrogens (tertiary/aromatic N) is 2. The van der Waals surface area contributed by atoms with E-state index in [4.69, 9.17) is 5.73 Å². The van der Waals surface area contributed by atoms with E-state index in [1.165, 1.54) is 16.8 Å². The van der Waals surface area contributed by atoms with Gasteiger partial charge in [-0.25, -0.2) is 4.98 Å². The van der Waals surface area contributed by atoms with Gasteiger partial charge >= 0.3 is 0 Å². The number of aromatic nitrogens is 1. The van der Waals surface area contributed by atoms with E-state index in [0.717, 1.165) is 31.7 Å². The fraction of sp³-hybridized carbons (Fsp3) is 0.308. The molecule has 88 valence electrons. The smallest absolute Gasteiger partial charge is 0.0794 e. The SMILES string of the molecule is Nc1cccc2c1CN(CCc1cscn1)C2. The minimum absolute atomic E-state index is 0.929. The number of nitrogens with two attached hydrogens (primary N) is 1. The number of rotatable bonds is 3. The topological polar surface area (TPSA) is 42.1 Å². The third-order valence-corrected chi connectivity index (χ3v) is 3.89. The molecule has 0 saturated carbocycles. The molecule has 0 bridgehead atoms.